The largest absolute Gasteiger partial charge is 0.335 e. The molecule has 0 aliphatic rings. The molecule has 0 bridgehead atoms. The Morgan fingerprint density at radius 1 is 0.923 bits per heavy atom. The predicted molar refractivity (Wildman–Crippen MR) is 98.5 cm³/mol. The van der Waals surface area contributed by atoms with Gasteiger partial charge in [0.15, 0.2) is 0 Å². The molecular weight excluding hydrogens is 329 g/mol. The molecule has 0 fully saturated rings. The van der Waals surface area contributed by atoms with E-state index in [2.05, 4.69) is 4.98 Å². The maximum absolute atomic E-state index is 13.3. The fraction of sp³-hybridized carbons (Fsp3) is 0.0500. The van der Waals surface area contributed by atoms with Gasteiger partial charge in [-0.15, -0.1) is 0 Å². The number of hydrogen-bond donors (Lipinski definition) is 0. The molecule has 3 heterocycles. The number of aryl methyl sites for hydroxylation is 1. The van der Waals surface area contributed by atoms with Crippen LogP contribution in [0.4, 0.5) is 4.39 Å². The summed E-state index contributed by atoms with van der Waals surface area (Å²) in [5.74, 6) is 0.264. The van der Waals surface area contributed by atoms with E-state index in [0.29, 0.717) is 5.95 Å². The van der Waals surface area contributed by atoms with Crippen LogP contribution in [0.5, 0.6) is 0 Å². The van der Waals surface area contributed by atoms with Gasteiger partial charge in [0, 0.05) is 24.2 Å². The van der Waals surface area contributed by atoms with Crippen LogP contribution in [0.1, 0.15) is 0 Å². The summed E-state index contributed by atoms with van der Waals surface area (Å²) < 4.78 is 17.2. The number of imidazole rings is 1. The summed E-state index contributed by atoms with van der Waals surface area (Å²) in [6.45, 7) is 0. The number of aromatic nitrogens is 5. The van der Waals surface area contributed by atoms with Gasteiger partial charge in [0.1, 0.15) is 17.8 Å². The second-order valence-corrected chi connectivity index (χ2v) is 6.15. The van der Waals surface area contributed by atoms with Crippen molar-refractivity contribution in [2.45, 2.75) is 0 Å². The number of para-hydroxylation sites is 2. The lowest BCUT2D eigenvalue weighted by molar-refractivity contribution is 0.628. The van der Waals surface area contributed by atoms with Crippen molar-refractivity contribution < 1.29 is 4.39 Å². The predicted octanol–water partition coefficient (Wildman–Crippen LogP) is 4.11. The van der Waals surface area contributed by atoms with Crippen molar-refractivity contribution in [2.75, 3.05) is 0 Å². The van der Waals surface area contributed by atoms with E-state index in [1.165, 1.54) is 12.1 Å². The third kappa shape index (κ3) is 2.19. The average molecular weight is 343 g/mol. The minimum absolute atomic E-state index is 0.270. The van der Waals surface area contributed by atoms with Crippen LogP contribution < -0.4 is 0 Å². The fourth-order valence-corrected chi connectivity index (χ4v) is 3.18. The van der Waals surface area contributed by atoms with E-state index in [1.54, 1.807) is 18.5 Å². The van der Waals surface area contributed by atoms with E-state index >= 15 is 0 Å². The smallest absolute Gasteiger partial charge is 0.238 e. The first-order valence-corrected chi connectivity index (χ1v) is 8.22. The minimum atomic E-state index is -0.270. The minimum Gasteiger partial charge on any atom is -0.335 e. The van der Waals surface area contributed by atoms with E-state index in [9.17, 15) is 4.39 Å². The molecule has 0 radical (unpaired) electrons. The molecule has 6 heteroatoms. The van der Waals surface area contributed by atoms with Crippen LogP contribution in [0, 0.1) is 5.82 Å². The summed E-state index contributed by atoms with van der Waals surface area (Å²) >= 11 is 0. The molecule has 0 spiro atoms. The van der Waals surface area contributed by atoms with E-state index in [0.717, 1.165) is 33.3 Å². The van der Waals surface area contributed by atoms with E-state index in [4.69, 9.17) is 9.97 Å². The number of rotatable bonds is 2. The molecule has 0 amide bonds. The van der Waals surface area contributed by atoms with Crippen LogP contribution in [0.3, 0.4) is 0 Å². The summed E-state index contributed by atoms with van der Waals surface area (Å²) in [5, 5.41) is 0.923. The Hall–Kier alpha value is -3.54. The molecule has 0 saturated carbocycles. The van der Waals surface area contributed by atoms with Gasteiger partial charge in [-0.2, -0.15) is 4.98 Å². The Morgan fingerprint density at radius 2 is 1.73 bits per heavy atom. The molecule has 0 unspecified atom stereocenters. The van der Waals surface area contributed by atoms with Crippen molar-refractivity contribution in [2.24, 2.45) is 7.05 Å². The van der Waals surface area contributed by atoms with Crippen molar-refractivity contribution in [1.82, 2.24) is 24.1 Å². The summed E-state index contributed by atoms with van der Waals surface area (Å²) in [5.41, 5.74) is 4.24. The summed E-state index contributed by atoms with van der Waals surface area (Å²) in [7, 11) is 1.94. The molecule has 126 valence electrons. The number of nitrogens with zero attached hydrogens (tertiary/aromatic N) is 5. The summed E-state index contributed by atoms with van der Waals surface area (Å²) in [4.78, 5) is 13.9. The van der Waals surface area contributed by atoms with E-state index in [1.807, 2.05) is 52.7 Å². The summed E-state index contributed by atoms with van der Waals surface area (Å²) in [6, 6.07) is 16.2. The first-order valence-electron chi connectivity index (χ1n) is 8.22. The second-order valence-electron chi connectivity index (χ2n) is 6.15. The van der Waals surface area contributed by atoms with Crippen LogP contribution in [0.25, 0.3) is 39.3 Å². The first kappa shape index (κ1) is 14.8. The van der Waals surface area contributed by atoms with Gasteiger partial charge in [-0.1, -0.05) is 12.1 Å². The highest BCUT2D eigenvalue weighted by molar-refractivity contribution is 5.91. The molecule has 2 aromatic carbocycles. The second kappa shape index (κ2) is 5.49. The van der Waals surface area contributed by atoms with Crippen molar-refractivity contribution >= 4 is 22.1 Å². The van der Waals surface area contributed by atoms with Gasteiger partial charge in [0.2, 0.25) is 5.95 Å². The van der Waals surface area contributed by atoms with Crippen molar-refractivity contribution in [3.8, 4) is 17.2 Å². The normalized spacial score (nSPS) is 11.5. The molecule has 0 N–H and O–H groups in total. The molecule has 0 aliphatic carbocycles. The third-order valence-corrected chi connectivity index (χ3v) is 4.50. The lowest BCUT2D eigenvalue weighted by atomic mass is 10.1. The number of benzene rings is 2. The van der Waals surface area contributed by atoms with Crippen LogP contribution in [0.15, 0.2) is 67.1 Å². The first-order chi connectivity index (χ1) is 12.7. The zero-order chi connectivity index (χ0) is 17.7. The van der Waals surface area contributed by atoms with Gasteiger partial charge in [-0.05, 0) is 42.5 Å². The molecule has 5 aromatic rings. The maximum atomic E-state index is 13.3. The molecule has 3 aromatic heterocycles. The molecular formula is C20H14FN5. The Bertz CT molecular complexity index is 1250. The van der Waals surface area contributed by atoms with Crippen LogP contribution in [-0.4, -0.2) is 24.1 Å². The quantitative estimate of drug-likeness (QED) is 0.484. The Kier molecular flexibility index (Phi) is 3.12. The van der Waals surface area contributed by atoms with Gasteiger partial charge >= 0.3 is 0 Å². The molecule has 5 nitrogen and oxygen atoms in total. The third-order valence-electron chi connectivity index (χ3n) is 4.50. The van der Waals surface area contributed by atoms with Gasteiger partial charge < -0.3 is 4.57 Å². The zero-order valence-corrected chi connectivity index (χ0v) is 14.0. The molecule has 26 heavy (non-hydrogen) atoms. The van der Waals surface area contributed by atoms with Crippen LogP contribution >= 0.6 is 0 Å². The number of halogens is 1. The van der Waals surface area contributed by atoms with Gasteiger partial charge in [0.05, 0.1) is 16.7 Å². The van der Waals surface area contributed by atoms with Gasteiger partial charge in [-0.3, -0.25) is 4.57 Å². The van der Waals surface area contributed by atoms with Crippen LogP contribution in [-0.2, 0) is 7.05 Å². The number of fused-ring (bicyclic) bond motifs is 2. The van der Waals surface area contributed by atoms with Crippen molar-refractivity contribution in [3.63, 3.8) is 0 Å². The fourth-order valence-electron chi connectivity index (χ4n) is 3.18. The van der Waals surface area contributed by atoms with E-state index < -0.39 is 0 Å². The highest BCUT2D eigenvalue weighted by Gasteiger charge is 2.15. The Morgan fingerprint density at radius 3 is 2.58 bits per heavy atom. The lowest BCUT2D eigenvalue weighted by Crippen LogP contribution is -2.03. The topological polar surface area (TPSA) is 48.5 Å². The highest BCUT2D eigenvalue weighted by atomic mass is 19.1. The molecule has 0 saturated heterocycles. The standard InChI is InChI=1S/C20H14FN5/c1-25-11-10-15-18(13-6-8-14(21)9-7-13)23-20(24-19(15)25)26-12-22-16-4-2-3-5-17(16)26/h2-12H,1H3. The van der Waals surface area contributed by atoms with Crippen molar-refractivity contribution in [3.05, 3.63) is 72.9 Å². The monoisotopic (exact) mass is 343 g/mol. The number of hydrogen-bond acceptors (Lipinski definition) is 3. The SMILES string of the molecule is Cn1ccc2c(-c3ccc(F)cc3)nc(-n3cnc4ccccc43)nc21. The lowest BCUT2D eigenvalue weighted by Gasteiger charge is -2.09. The average Bonchev–Trinajstić information content (AvgIpc) is 3.26. The zero-order valence-electron chi connectivity index (χ0n) is 14.0. The molecule has 0 atom stereocenters. The van der Waals surface area contributed by atoms with Crippen molar-refractivity contribution in [1.29, 1.82) is 0 Å². The molecule has 5 rings (SSSR count). The van der Waals surface area contributed by atoms with Gasteiger partial charge in [-0.25, -0.2) is 14.4 Å². The Balaban J connectivity index is 1.81. The van der Waals surface area contributed by atoms with Crippen LogP contribution in [0.2, 0.25) is 0 Å². The Labute approximate surface area is 148 Å². The molecule has 0 aliphatic heterocycles. The maximum Gasteiger partial charge on any atom is 0.238 e. The highest BCUT2D eigenvalue weighted by Crippen LogP contribution is 2.28. The van der Waals surface area contributed by atoms with E-state index in [-0.39, 0.29) is 5.82 Å². The van der Waals surface area contributed by atoms with Gasteiger partial charge in [0.25, 0.3) is 0 Å². The summed E-state index contributed by atoms with van der Waals surface area (Å²) in [6.07, 6.45) is 3.67.